The van der Waals surface area contributed by atoms with Gasteiger partial charge in [0.1, 0.15) is 11.0 Å². The predicted octanol–water partition coefficient (Wildman–Crippen LogP) is 2.73. The van der Waals surface area contributed by atoms with Crippen LogP contribution in [-0.2, 0) is 9.53 Å². The molecule has 4 aliphatic heterocycles. The standard InChI is InChI=1S/C23H30N2O5/c1-5-14-8-13-11-22(21(27)30-4)19(14)25(12-13)7-6-23(22)20(26)15-9-17(28-2)18(29-3)10-16(15)24-23/h9-10,13-14,19,24H,5-8,11-12H2,1-4H3/t13-,14-,19+,22-,23?/m1/s1. The van der Waals surface area contributed by atoms with Crippen molar-refractivity contribution in [2.24, 2.45) is 17.3 Å². The second-order valence-corrected chi connectivity index (χ2v) is 9.24. The molecule has 162 valence electrons. The van der Waals surface area contributed by atoms with E-state index in [1.807, 2.05) is 6.07 Å². The summed E-state index contributed by atoms with van der Waals surface area (Å²) < 4.78 is 16.3. The summed E-state index contributed by atoms with van der Waals surface area (Å²) in [5, 5.41) is 3.55. The van der Waals surface area contributed by atoms with Crippen LogP contribution in [0.4, 0.5) is 5.69 Å². The van der Waals surface area contributed by atoms with Crippen LogP contribution in [0.3, 0.4) is 0 Å². The Balaban J connectivity index is 1.69. The van der Waals surface area contributed by atoms with Gasteiger partial charge in [-0.15, -0.1) is 0 Å². The number of hydrogen-bond donors (Lipinski definition) is 1. The molecule has 1 saturated carbocycles. The third kappa shape index (κ3) is 2.19. The SMILES string of the molecule is CC[C@@H]1C[C@H]2CN3CCC4(Nc5cc(OC)c(OC)cc5C4=O)[C@](C(=O)OC)(C2)[C@H]13. The van der Waals surface area contributed by atoms with Crippen LogP contribution in [0.5, 0.6) is 11.5 Å². The van der Waals surface area contributed by atoms with E-state index in [4.69, 9.17) is 14.2 Å². The van der Waals surface area contributed by atoms with Gasteiger partial charge >= 0.3 is 5.97 Å². The quantitative estimate of drug-likeness (QED) is 0.759. The van der Waals surface area contributed by atoms with Crippen molar-refractivity contribution in [2.75, 3.05) is 39.7 Å². The van der Waals surface area contributed by atoms with E-state index in [2.05, 4.69) is 17.1 Å². The van der Waals surface area contributed by atoms with Gasteiger partial charge in [-0.3, -0.25) is 14.5 Å². The highest BCUT2D eigenvalue weighted by molar-refractivity contribution is 6.17. The maximum absolute atomic E-state index is 14.1. The highest BCUT2D eigenvalue weighted by Gasteiger charge is 2.74. The third-order valence-corrected chi connectivity index (χ3v) is 8.20. The molecule has 1 N–H and O–H groups in total. The van der Waals surface area contributed by atoms with Gasteiger partial charge in [-0.05, 0) is 37.2 Å². The molecule has 7 nitrogen and oxygen atoms in total. The van der Waals surface area contributed by atoms with Crippen LogP contribution in [0.2, 0.25) is 0 Å². The number of nitrogens with one attached hydrogen (secondary N) is 1. The maximum atomic E-state index is 14.1. The molecular formula is C23H30N2O5. The molecule has 4 fully saturated rings. The van der Waals surface area contributed by atoms with Crippen molar-refractivity contribution in [3.8, 4) is 11.5 Å². The van der Waals surface area contributed by atoms with Crippen molar-refractivity contribution in [1.29, 1.82) is 0 Å². The second-order valence-electron chi connectivity index (χ2n) is 9.24. The summed E-state index contributed by atoms with van der Waals surface area (Å²) >= 11 is 0. The fourth-order valence-corrected chi connectivity index (χ4v) is 7.13. The molecule has 0 aromatic heterocycles. The largest absolute Gasteiger partial charge is 0.493 e. The van der Waals surface area contributed by atoms with Gasteiger partial charge in [-0.25, -0.2) is 0 Å². The zero-order chi connectivity index (χ0) is 21.3. The maximum Gasteiger partial charge on any atom is 0.316 e. The molecule has 7 heteroatoms. The number of anilines is 1. The Morgan fingerprint density at radius 1 is 1.23 bits per heavy atom. The number of esters is 1. The summed E-state index contributed by atoms with van der Waals surface area (Å²) in [5.74, 6) is 1.59. The predicted molar refractivity (Wildman–Crippen MR) is 111 cm³/mol. The van der Waals surface area contributed by atoms with E-state index in [0.717, 1.165) is 25.9 Å². The Bertz CT molecular complexity index is 909. The van der Waals surface area contributed by atoms with E-state index >= 15 is 0 Å². The molecule has 4 bridgehead atoms. The number of carbonyl (C=O) groups excluding carboxylic acids is 2. The number of benzene rings is 1. The average Bonchev–Trinajstić information content (AvgIpc) is 3.06. The number of rotatable bonds is 4. The van der Waals surface area contributed by atoms with Gasteiger partial charge in [0.05, 0.1) is 21.3 Å². The summed E-state index contributed by atoms with van der Waals surface area (Å²) in [4.78, 5) is 30.1. The molecule has 1 aromatic rings. The summed E-state index contributed by atoms with van der Waals surface area (Å²) in [6.07, 6.45) is 3.39. The number of ether oxygens (including phenoxy) is 3. The van der Waals surface area contributed by atoms with E-state index in [9.17, 15) is 9.59 Å². The van der Waals surface area contributed by atoms with Gasteiger partial charge in [0.25, 0.3) is 0 Å². The Hall–Kier alpha value is -2.28. The fourth-order valence-electron chi connectivity index (χ4n) is 7.13. The van der Waals surface area contributed by atoms with E-state index < -0.39 is 11.0 Å². The Morgan fingerprint density at radius 3 is 2.63 bits per heavy atom. The number of methoxy groups -OCH3 is 3. The van der Waals surface area contributed by atoms with Crippen molar-refractivity contribution in [3.05, 3.63) is 17.7 Å². The topological polar surface area (TPSA) is 77.1 Å². The number of ketones is 1. The molecule has 1 aliphatic carbocycles. The Labute approximate surface area is 177 Å². The summed E-state index contributed by atoms with van der Waals surface area (Å²) in [6.45, 7) is 4.00. The Morgan fingerprint density at radius 2 is 1.97 bits per heavy atom. The van der Waals surface area contributed by atoms with E-state index in [-0.39, 0.29) is 17.8 Å². The summed E-state index contributed by atoms with van der Waals surface area (Å²) in [7, 11) is 4.59. The van der Waals surface area contributed by atoms with E-state index in [0.29, 0.717) is 47.4 Å². The minimum Gasteiger partial charge on any atom is -0.493 e. The van der Waals surface area contributed by atoms with Crippen LogP contribution < -0.4 is 14.8 Å². The molecule has 6 rings (SSSR count). The second kappa shape index (κ2) is 6.61. The first kappa shape index (κ1) is 19.7. The van der Waals surface area contributed by atoms with Crippen LogP contribution in [0.25, 0.3) is 0 Å². The lowest BCUT2D eigenvalue weighted by molar-refractivity contribution is -0.193. The molecule has 0 radical (unpaired) electrons. The molecule has 5 aliphatic rings. The lowest BCUT2D eigenvalue weighted by Gasteiger charge is -2.66. The summed E-state index contributed by atoms with van der Waals surface area (Å²) in [5.41, 5.74) is -0.603. The highest BCUT2D eigenvalue weighted by atomic mass is 16.5. The first-order chi connectivity index (χ1) is 14.5. The van der Waals surface area contributed by atoms with Crippen molar-refractivity contribution < 1.29 is 23.8 Å². The lowest BCUT2D eigenvalue weighted by Crippen LogP contribution is -2.79. The zero-order valence-electron chi connectivity index (χ0n) is 18.1. The zero-order valence-corrected chi connectivity index (χ0v) is 18.1. The van der Waals surface area contributed by atoms with Gasteiger partial charge in [-0.1, -0.05) is 13.3 Å². The van der Waals surface area contributed by atoms with Crippen molar-refractivity contribution in [2.45, 2.75) is 44.2 Å². The third-order valence-electron chi connectivity index (χ3n) is 8.20. The number of hydrogen-bond acceptors (Lipinski definition) is 7. The first-order valence-corrected chi connectivity index (χ1v) is 10.9. The smallest absolute Gasteiger partial charge is 0.316 e. The van der Waals surface area contributed by atoms with E-state index in [1.54, 1.807) is 20.3 Å². The monoisotopic (exact) mass is 414 g/mol. The molecule has 0 amide bonds. The number of piperidine rings is 3. The minimum atomic E-state index is -0.993. The molecule has 3 saturated heterocycles. The molecule has 4 heterocycles. The average molecular weight is 415 g/mol. The van der Waals surface area contributed by atoms with Crippen molar-refractivity contribution in [1.82, 2.24) is 4.90 Å². The van der Waals surface area contributed by atoms with Crippen molar-refractivity contribution >= 4 is 17.4 Å². The first-order valence-electron chi connectivity index (χ1n) is 10.9. The van der Waals surface area contributed by atoms with E-state index in [1.165, 1.54) is 7.11 Å². The van der Waals surface area contributed by atoms with Crippen LogP contribution >= 0.6 is 0 Å². The van der Waals surface area contributed by atoms with Gasteiger partial charge in [0.2, 0.25) is 0 Å². The van der Waals surface area contributed by atoms with Gasteiger partial charge in [-0.2, -0.15) is 0 Å². The molecule has 6 atom stereocenters. The van der Waals surface area contributed by atoms with Crippen LogP contribution in [0, 0.1) is 17.3 Å². The van der Waals surface area contributed by atoms with Crippen LogP contribution in [-0.4, -0.2) is 62.7 Å². The van der Waals surface area contributed by atoms with Crippen molar-refractivity contribution in [3.63, 3.8) is 0 Å². The highest BCUT2D eigenvalue weighted by Crippen LogP contribution is 2.63. The fraction of sp³-hybridized carbons (Fsp3) is 0.652. The van der Waals surface area contributed by atoms with Gasteiger partial charge in [0, 0.05) is 36.4 Å². The number of carbonyl (C=O) groups is 2. The molecular weight excluding hydrogens is 384 g/mol. The van der Waals surface area contributed by atoms with Gasteiger partial charge < -0.3 is 19.5 Å². The number of nitrogens with zero attached hydrogens (tertiary/aromatic N) is 1. The summed E-state index contributed by atoms with van der Waals surface area (Å²) in [6, 6.07) is 3.58. The molecule has 1 aromatic carbocycles. The molecule has 2 unspecified atom stereocenters. The Kier molecular flexibility index (Phi) is 4.33. The number of Topliss-reactive ketones (excluding diaryl/α,β-unsaturated/α-hetero) is 1. The molecule has 1 spiro atoms. The molecule has 30 heavy (non-hydrogen) atoms. The lowest BCUT2D eigenvalue weighted by atomic mass is 9.47. The van der Waals surface area contributed by atoms with Crippen LogP contribution in [0.1, 0.15) is 43.0 Å². The minimum absolute atomic E-state index is 0.0169. The van der Waals surface area contributed by atoms with Gasteiger partial charge in [0.15, 0.2) is 17.3 Å². The van der Waals surface area contributed by atoms with Crippen LogP contribution in [0.15, 0.2) is 12.1 Å². The number of fused-ring (bicyclic) bond motifs is 2. The normalized spacial score (nSPS) is 38.2.